The Morgan fingerprint density at radius 1 is 1.44 bits per heavy atom. The van der Waals surface area contributed by atoms with Crippen LogP contribution in [0.1, 0.15) is 32.3 Å². The fraction of sp³-hybridized carbons (Fsp3) is 0.583. The number of halogens is 2. The molecule has 1 aromatic rings. The summed E-state index contributed by atoms with van der Waals surface area (Å²) in [5.74, 6) is 1.52. The Bertz CT molecular complexity index is 343. The zero-order valence-corrected chi connectivity index (χ0v) is 12.3. The molecule has 0 aliphatic heterocycles. The molecule has 0 atom stereocenters. The van der Waals surface area contributed by atoms with Gasteiger partial charge in [-0.3, -0.25) is 0 Å². The summed E-state index contributed by atoms with van der Waals surface area (Å²) < 4.78 is 1.00. The van der Waals surface area contributed by atoms with E-state index in [2.05, 4.69) is 46.1 Å². The number of aromatic nitrogens is 1. The lowest BCUT2D eigenvalue weighted by atomic mass is 9.95. The van der Waals surface area contributed by atoms with Crippen LogP contribution in [0.25, 0.3) is 0 Å². The van der Waals surface area contributed by atoms with Crippen LogP contribution < -0.4 is 5.32 Å². The molecule has 0 amide bonds. The zero-order chi connectivity index (χ0) is 12.2. The van der Waals surface area contributed by atoms with Gasteiger partial charge in [0.05, 0.1) is 5.54 Å². The molecule has 4 heteroatoms. The molecule has 1 aromatic heterocycles. The third-order valence-electron chi connectivity index (χ3n) is 3.04. The van der Waals surface area contributed by atoms with E-state index in [0.29, 0.717) is 5.88 Å². The molecule has 0 spiro atoms. The van der Waals surface area contributed by atoms with Crippen molar-refractivity contribution in [2.45, 2.75) is 39.2 Å². The Morgan fingerprint density at radius 3 is 2.50 bits per heavy atom. The molecule has 1 rings (SSSR count). The van der Waals surface area contributed by atoms with Gasteiger partial charge in [-0.05, 0) is 47.3 Å². The second kappa shape index (κ2) is 5.87. The SMILES string of the molecule is CCC(CC)(CCl)Nc1ncc(Br)cc1C. The lowest BCUT2D eigenvalue weighted by molar-refractivity contribution is 0.482. The quantitative estimate of drug-likeness (QED) is 0.818. The molecule has 0 unspecified atom stereocenters. The molecule has 2 nitrogen and oxygen atoms in total. The number of hydrogen-bond acceptors (Lipinski definition) is 2. The number of alkyl halides is 1. The average Bonchev–Trinajstić information content (AvgIpc) is 2.29. The van der Waals surface area contributed by atoms with Crippen LogP contribution in [0.3, 0.4) is 0 Å². The molecule has 90 valence electrons. The van der Waals surface area contributed by atoms with Gasteiger partial charge in [-0.2, -0.15) is 0 Å². The molecular formula is C12H18BrClN2. The molecule has 0 saturated heterocycles. The van der Waals surface area contributed by atoms with Crippen LogP contribution in [0.4, 0.5) is 5.82 Å². The third kappa shape index (κ3) is 3.11. The van der Waals surface area contributed by atoms with E-state index in [1.165, 1.54) is 0 Å². The minimum absolute atomic E-state index is 0.0485. The van der Waals surface area contributed by atoms with Crippen molar-refractivity contribution in [1.82, 2.24) is 4.98 Å². The van der Waals surface area contributed by atoms with Crippen LogP contribution in [-0.4, -0.2) is 16.4 Å². The maximum atomic E-state index is 6.06. The molecule has 1 heterocycles. The van der Waals surface area contributed by atoms with E-state index in [-0.39, 0.29) is 5.54 Å². The van der Waals surface area contributed by atoms with Crippen molar-refractivity contribution in [1.29, 1.82) is 0 Å². The number of aryl methyl sites for hydroxylation is 1. The van der Waals surface area contributed by atoms with Crippen molar-refractivity contribution < 1.29 is 0 Å². The Hall–Kier alpha value is -0.280. The van der Waals surface area contributed by atoms with E-state index in [4.69, 9.17) is 11.6 Å². The van der Waals surface area contributed by atoms with Crippen molar-refractivity contribution in [2.24, 2.45) is 0 Å². The van der Waals surface area contributed by atoms with Gasteiger partial charge in [0.25, 0.3) is 0 Å². The van der Waals surface area contributed by atoms with Gasteiger partial charge < -0.3 is 5.32 Å². The number of anilines is 1. The van der Waals surface area contributed by atoms with Gasteiger partial charge in [0.1, 0.15) is 5.82 Å². The molecule has 0 aliphatic carbocycles. The first-order valence-corrected chi connectivity index (χ1v) is 6.86. The van der Waals surface area contributed by atoms with E-state index in [1.807, 2.05) is 6.92 Å². The smallest absolute Gasteiger partial charge is 0.129 e. The minimum Gasteiger partial charge on any atom is -0.363 e. The molecule has 0 fully saturated rings. The Balaban J connectivity index is 2.93. The molecule has 0 aliphatic rings. The van der Waals surface area contributed by atoms with Crippen LogP contribution in [0.15, 0.2) is 16.7 Å². The fourth-order valence-corrected chi connectivity index (χ4v) is 2.46. The van der Waals surface area contributed by atoms with Gasteiger partial charge in [0, 0.05) is 16.5 Å². The van der Waals surface area contributed by atoms with Crippen LogP contribution in [0.5, 0.6) is 0 Å². The first-order valence-electron chi connectivity index (χ1n) is 5.53. The van der Waals surface area contributed by atoms with Crippen molar-refractivity contribution in [3.63, 3.8) is 0 Å². The molecule has 0 radical (unpaired) electrons. The average molecular weight is 306 g/mol. The highest BCUT2D eigenvalue weighted by Gasteiger charge is 2.25. The second-order valence-corrected chi connectivity index (χ2v) is 5.25. The number of nitrogens with zero attached hydrogens (tertiary/aromatic N) is 1. The molecule has 0 bridgehead atoms. The van der Waals surface area contributed by atoms with Gasteiger partial charge in [-0.25, -0.2) is 4.98 Å². The maximum Gasteiger partial charge on any atom is 0.129 e. The zero-order valence-electron chi connectivity index (χ0n) is 9.98. The van der Waals surface area contributed by atoms with Gasteiger partial charge in [-0.1, -0.05) is 13.8 Å². The van der Waals surface area contributed by atoms with Crippen LogP contribution in [-0.2, 0) is 0 Å². The predicted octanol–water partition coefficient (Wildman–Crippen LogP) is 4.36. The summed E-state index contributed by atoms with van der Waals surface area (Å²) in [7, 11) is 0. The molecule has 0 saturated carbocycles. The van der Waals surface area contributed by atoms with Crippen molar-refractivity contribution in [3.8, 4) is 0 Å². The van der Waals surface area contributed by atoms with Crippen molar-refractivity contribution in [2.75, 3.05) is 11.2 Å². The van der Waals surface area contributed by atoms with Gasteiger partial charge in [0.2, 0.25) is 0 Å². The summed E-state index contributed by atoms with van der Waals surface area (Å²) in [5, 5.41) is 3.47. The lowest BCUT2D eigenvalue weighted by Gasteiger charge is -2.31. The molecule has 16 heavy (non-hydrogen) atoms. The summed E-state index contributed by atoms with van der Waals surface area (Å²) in [6, 6.07) is 2.06. The monoisotopic (exact) mass is 304 g/mol. The second-order valence-electron chi connectivity index (χ2n) is 4.07. The highest BCUT2D eigenvalue weighted by atomic mass is 79.9. The minimum atomic E-state index is -0.0485. The molecule has 0 aromatic carbocycles. The summed E-state index contributed by atoms with van der Waals surface area (Å²) in [6.45, 7) is 6.34. The highest BCUT2D eigenvalue weighted by Crippen LogP contribution is 2.25. The van der Waals surface area contributed by atoms with Crippen molar-refractivity contribution >= 4 is 33.3 Å². The molecule has 1 N–H and O–H groups in total. The van der Waals surface area contributed by atoms with E-state index in [0.717, 1.165) is 28.7 Å². The fourth-order valence-electron chi connectivity index (χ4n) is 1.57. The van der Waals surface area contributed by atoms with Crippen LogP contribution >= 0.6 is 27.5 Å². The Labute approximate surface area is 111 Å². The Morgan fingerprint density at radius 2 is 2.06 bits per heavy atom. The van der Waals surface area contributed by atoms with Crippen LogP contribution in [0, 0.1) is 6.92 Å². The summed E-state index contributed by atoms with van der Waals surface area (Å²) in [4.78, 5) is 4.39. The summed E-state index contributed by atoms with van der Waals surface area (Å²) >= 11 is 9.47. The van der Waals surface area contributed by atoms with Gasteiger partial charge in [-0.15, -0.1) is 11.6 Å². The standard InChI is InChI=1S/C12H18BrClN2/c1-4-12(5-2,8-14)16-11-9(3)6-10(13)7-15-11/h6-7H,4-5,8H2,1-3H3,(H,15,16). The number of rotatable bonds is 5. The highest BCUT2D eigenvalue weighted by molar-refractivity contribution is 9.10. The van der Waals surface area contributed by atoms with Gasteiger partial charge in [0.15, 0.2) is 0 Å². The first-order chi connectivity index (χ1) is 7.56. The lowest BCUT2D eigenvalue weighted by Crippen LogP contribution is -2.39. The first kappa shape index (κ1) is 13.8. The number of nitrogens with one attached hydrogen (secondary N) is 1. The number of hydrogen-bond donors (Lipinski definition) is 1. The Kier molecular flexibility index (Phi) is 5.06. The third-order valence-corrected chi connectivity index (χ3v) is 3.98. The predicted molar refractivity (Wildman–Crippen MR) is 74.3 cm³/mol. The van der Waals surface area contributed by atoms with E-state index in [9.17, 15) is 0 Å². The largest absolute Gasteiger partial charge is 0.363 e. The summed E-state index contributed by atoms with van der Waals surface area (Å²) in [6.07, 6.45) is 3.79. The van der Waals surface area contributed by atoms with E-state index >= 15 is 0 Å². The summed E-state index contributed by atoms with van der Waals surface area (Å²) in [5.41, 5.74) is 1.08. The topological polar surface area (TPSA) is 24.9 Å². The van der Waals surface area contributed by atoms with Gasteiger partial charge >= 0.3 is 0 Å². The van der Waals surface area contributed by atoms with E-state index < -0.39 is 0 Å². The van der Waals surface area contributed by atoms with Crippen molar-refractivity contribution in [3.05, 3.63) is 22.3 Å². The van der Waals surface area contributed by atoms with E-state index in [1.54, 1.807) is 6.20 Å². The number of pyridine rings is 1. The maximum absolute atomic E-state index is 6.06. The molecular weight excluding hydrogens is 288 g/mol. The van der Waals surface area contributed by atoms with Crippen LogP contribution in [0.2, 0.25) is 0 Å². The normalized spacial score (nSPS) is 11.6.